The fourth-order valence-corrected chi connectivity index (χ4v) is 2.02. The van der Waals surface area contributed by atoms with E-state index in [1.807, 2.05) is 56.3 Å². The number of hydrogen-bond acceptors (Lipinski definition) is 3. The van der Waals surface area contributed by atoms with Gasteiger partial charge in [-0.25, -0.2) is 5.43 Å². The van der Waals surface area contributed by atoms with Crippen LogP contribution in [0.5, 0.6) is 5.75 Å². The predicted molar refractivity (Wildman–Crippen MR) is 92.7 cm³/mol. The number of nitrogens with zero attached hydrogens (tertiary/aromatic N) is 1. The number of hydrazone groups is 1. The molecule has 2 rings (SSSR count). The molecule has 0 heterocycles. The van der Waals surface area contributed by atoms with Gasteiger partial charge < -0.3 is 4.74 Å². The van der Waals surface area contributed by atoms with Crippen molar-refractivity contribution in [2.45, 2.75) is 26.7 Å². The summed E-state index contributed by atoms with van der Waals surface area (Å²) in [6, 6.07) is 17.9. The molecule has 0 spiro atoms. The van der Waals surface area contributed by atoms with Crippen molar-refractivity contribution in [3.63, 3.8) is 0 Å². The first-order valence-electron chi connectivity index (χ1n) is 7.75. The fourth-order valence-electron chi connectivity index (χ4n) is 2.02. The highest BCUT2D eigenvalue weighted by Gasteiger charge is 2.07. The molecule has 0 aliphatic heterocycles. The maximum atomic E-state index is 11.8. The number of hydrogen-bond donors (Lipinski definition) is 1. The zero-order valence-electron chi connectivity index (χ0n) is 13.6. The lowest BCUT2D eigenvalue weighted by Crippen LogP contribution is -2.25. The van der Waals surface area contributed by atoms with E-state index < -0.39 is 0 Å². The van der Waals surface area contributed by atoms with E-state index >= 15 is 0 Å². The van der Waals surface area contributed by atoms with Crippen LogP contribution in [0, 0.1) is 0 Å². The molecule has 0 fully saturated rings. The molecule has 0 saturated heterocycles. The van der Waals surface area contributed by atoms with Crippen LogP contribution in [-0.2, 0) is 11.2 Å². The lowest BCUT2D eigenvalue weighted by Gasteiger charge is -2.11. The molecule has 0 unspecified atom stereocenters. The monoisotopic (exact) mass is 310 g/mol. The molecule has 0 aromatic heterocycles. The Morgan fingerprint density at radius 3 is 2.52 bits per heavy atom. The first-order chi connectivity index (χ1) is 11.2. The van der Waals surface area contributed by atoms with Crippen molar-refractivity contribution in [1.82, 2.24) is 5.43 Å². The fraction of sp³-hybridized carbons (Fsp3) is 0.263. The Morgan fingerprint density at radius 1 is 1.09 bits per heavy atom. The molecule has 0 radical (unpaired) electrons. The van der Waals surface area contributed by atoms with Crippen LogP contribution in [0.15, 0.2) is 59.7 Å². The molecular formula is C19H22N2O2. The van der Waals surface area contributed by atoms with Crippen LogP contribution in [0.4, 0.5) is 0 Å². The Labute approximate surface area is 137 Å². The van der Waals surface area contributed by atoms with E-state index in [0.29, 0.717) is 0 Å². The normalized spacial score (nSPS) is 11.1. The minimum absolute atomic E-state index is 0.0493. The average Bonchev–Trinajstić information content (AvgIpc) is 2.59. The van der Waals surface area contributed by atoms with Crippen molar-refractivity contribution in [3.05, 3.63) is 65.7 Å². The SMILES string of the molecule is CC/C(C)=N\NC(=O)COc1ccccc1Cc1ccccc1. The number of carbonyl (C=O) groups is 1. The summed E-state index contributed by atoms with van der Waals surface area (Å²) in [5.41, 5.74) is 5.63. The number of nitrogens with one attached hydrogen (secondary N) is 1. The maximum Gasteiger partial charge on any atom is 0.277 e. The molecule has 1 N–H and O–H groups in total. The van der Waals surface area contributed by atoms with Gasteiger partial charge in [0.25, 0.3) is 5.91 Å². The van der Waals surface area contributed by atoms with Gasteiger partial charge in [-0.3, -0.25) is 4.79 Å². The Hall–Kier alpha value is -2.62. The van der Waals surface area contributed by atoms with E-state index in [9.17, 15) is 4.79 Å². The highest BCUT2D eigenvalue weighted by atomic mass is 16.5. The van der Waals surface area contributed by atoms with Crippen LogP contribution in [0.3, 0.4) is 0 Å². The molecule has 0 aliphatic carbocycles. The number of carbonyl (C=O) groups excluding carboxylic acids is 1. The van der Waals surface area contributed by atoms with E-state index in [4.69, 9.17) is 4.74 Å². The molecule has 0 atom stereocenters. The summed E-state index contributed by atoms with van der Waals surface area (Å²) >= 11 is 0. The molecule has 0 bridgehead atoms. The van der Waals surface area contributed by atoms with Crippen LogP contribution in [-0.4, -0.2) is 18.2 Å². The van der Waals surface area contributed by atoms with Crippen molar-refractivity contribution in [2.24, 2.45) is 5.10 Å². The topological polar surface area (TPSA) is 50.7 Å². The first kappa shape index (κ1) is 16.7. The van der Waals surface area contributed by atoms with Crippen LogP contribution in [0.25, 0.3) is 0 Å². The first-order valence-corrected chi connectivity index (χ1v) is 7.75. The van der Waals surface area contributed by atoms with Crippen molar-refractivity contribution in [2.75, 3.05) is 6.61 Å². The van der Waals surface area contributed by atoms with Gasteiger partial charge in [-0.2, -0.15) is 5.10 Å². The largest absolute Gasteiger partial charge is 0.483 e. The lowest BCUT2D eigenvalue weighted by atomic mass is 10.0. The van der Waals surface area contributed by atoms with Gasteiger partial charge in [0.1, 0.15) is 5.75 Å². The van der Waals surface area contributed by atoms with Gasteiger partial charge in [0.05, 0.1) is 0 Å². The molecule has 2 aromatic rings. The number of amides is 1. The molecule has 23 heavy (non-hydrogen) atoms. The molecule has 0 saturated carbocycles. The Balaban J connectivity index is 1.96. The Kier molecular flexibility index (Phi) is 6.36. The van der Waals surface area contributed by atoms with E-state index in [1.54, 1.807) is 0 Å². The van der Waals surface area contributed by atoms with Gasteiger partial charge >= 0.3 is 0 Å². The second-order valence-corrected chi connectivity index (χ2v) is 5.29. The maximum absolute atomic E-state index is 11.8. The van der Waals surface area contributed by atoms with Gasteiger partial charge in [-0.1, -0.05) is 55.5 Å². The van der Waals surface area contributed by atoms with Crippen molar-refractivity contribution in [3.8, 4) is 5.75 Å². The number of rotatable bonds is 7. The third-order valence-electron chi connectivity index (χ3n) is 3.45. The van der Waals surface area contributed by atoms with Crippen LogP contribution >= 0.6 is 0 Å². The van der Waals surface area contributed by atoms with Gasteiger partial charge in [-0.15, -0.1) is 0 Å². The smallest absolute Gasteiger partial charge is 0.277 e. The molecule has 0 aliphatic rings. The molecule has 4 heteroatoms. The predicted octanol–water partition coefficient (Wildman–Crippen LogP) is 3.56. The van der Waals surface area contributed by atoms with E-state index in [0.717, 1.165) is 29.9 Å². The summed E-state index contributed by atoms with van der Waals surface area (Å²) in [5.74, 6) is 0.468. The Morgan fingerprint density at radius 2 is 1.78 bits per heavy atom. The lowest BCUT2D eigenvalue weighted by molar-refractivity contribution is -0.123. The number of ether oxygens (including phenoxy) is 1. The summed E-state index contributed by atoms with van der Waals surface area (Å²) in [4.78, 5) is 11.8. The van der Waals surface area contributed by atoms with E-state index in [1.165, 1.54) is 5.56 Å². The standard InChI is InChI=1S/C19H22N2O2/c1-3-15(2)20-21-19(22)14-23-18-12-8-7-11-17(18)13-16-9-5-4-6-10-16/h4-12H,3,13-14H2,1-2H3,(H,21,22)/b20-15-. The number of benzene rings is 2. The molecule has 2 aromatic carbocycles. The third kappa shape index (κ3) is 5.58. The quantitative estimate of drug-likeness (QED) is 0.628. The summed E-state index contributed by atoms with van der Waals surface area (Å²) in [5, 5.41) is 3.98. The van der Waals surface area contributed by atoms with Gasteiger partial charge in [-0.05, 0) is 30.5 Å². The van der Waals surface area contributed by atoms with Crippen LogP contribution in [0.2, 0.25) is 0 Å². The highest BCUT2D eigenvalue weighted by Crippen LogP contribution is 2.21. The van der Waals surface area contributed by atoms with E-state index in [-0.39, 0.29) is 12.5 Å². The van der Waals surface area contributed by atoms with Crippen LogP contribution in [0.1, 0.15) is 31.4 Å². The molecule has 4 nitrogen and oxygen atoms in total. The zero-order chi connectivity index (χ0) is 16.5. The highest BCUT2D eigenvalue weighted by molar-refractivity contribution is 5.84. The molecule has 120 valence electrons. The minimum Gasteiger partial charge on any atom is -0.483 e. The minimum atomic E-state index is -0.257. The number of para-hydroxylation sites is 1. The van der Waals surface area contributed by atoms with Crippen molar-refractivity contribution >= 4 is 11.6 Å². The second kappa shape index (κ2) is 8.73. The van der Waals surface area contributed by atoms with Gasteiger partial charge in [0.15, 0.2) is 6.61 Å². The second-order valence-electron chi connectivity index (χ2n) is 5.29. The zero-order valence-corrected chi connectivity index (χ0v) is 13.6. The van der Waals surface area contributed by atoms with Gasteiger partial charge in [0.2, 0.25) is 0 Å². The van der Waals surface area contributed by atoms with E-state index in [2.05, 4.69) is 22.7 Å². The van der Waals surface area contributed by atoms with Gasteiger partial charge in [0, 0.05) is 12.1 Å². The molecular weight excluding hydrogens is 288 g/mol. The summed E-state index contributed by atoms with van der Waals surface area (Å²) in [6.07, 6.45) is 1.58. The van der Waals surface area contributed by atoms with Crippen LogP contribution < -0.4 is 10.2 Å². The Bertz CT molecular complexity index is 666. The molecule has 1 amide bonds. The summed E-state index contributed by atoms with van der Waals surface area (Å²) in [6.45, 7) is 3.81. The summed E-state index contributed by atoms with van der Waals surface area (Å²) in [7, 11) is 0. The van der Waals surface area contributed by atoms with Crippen molar-refractivity contribution in [1.29, 1.82) is 0 Å². The van der Waals surface area contributed by atoms with Crippen molar-refractivity contribution < 1.29 is 9.53 Å². The summed E-state index contributed by atoms with van der Waals surface area (Å²) < 4.78 is 5.66. The third-order valence-corrected chi connectivity index (χ3v) is 3.45. The average molecular weight is 310 g/mol.